The predicted molar refractivity (Wildman–Crippen MR) is 252 cm³/mol. The summed E-state index contributed by atoms with van der Waals surface area (Å²) in [5, 5.41) is 29.8. The molecule has 0 aliphatic carbocycles. The fraction of sp³-hybridized carbons (Fsp3) is 0.878. The molecule has 0 aromatic carbocycles. The van der Waals surface area contributed by atoms with Crippen molar-refractivity contribution < 1.29 is 53.2 Å². The van der Waals surface area contributed by atoms with E-state index in [0.29, 0.717) is 12.8 Å². The molecule has 8 atom stereocenters. The van der Waals surface area contributed by atoms with Crippen LogP contribution in [0.2, 0.25) is 0 Å². The number of hydrogen-bond acceptors (Lipinski definition) is 11. The Morgan fingerprint density at radius 1 is 0.631 bits per heavy atom. The minimum absolute atomic E-state index is 0.124. The number of hydrogen-bond donors (Lipinski definition) is 7. The summed E-state index contributed by atoms with van der Waals surface area (Å²) in [6, 6.07) is -3.70. The molecule has 16 nitrogen and oxygen atoms in total. The van der Waals surface area contributed by atoms with Crippen molar-refractivity contribution in [2.45, 2.75) is 263 Å². The van der Waals surface area contributed by atoms with Crippen molar-refractivity contribution in [1.29, 1.82) is 0 Å². The van der Waals surface area contributed by atoms with Gasteiger partial charge in [-0.05, 0) is 33.1 Å². The molecule has 0 radical (unpaired) electrons. The molecule has 378 valence electrons. The zero-order valence-corrected chi connectivity index (χ0v) is 40.9. The molecule has 1 fully saturated rings. The Morgan fingerprint density at radius 3 is 1.49 bits per heavy atom. The lowest BCUT2D eigenvalue weighted by molar-refractivity contribution is -0.268. The van der Waals surface area contributed by atoms with Crippen molar-refractivity contribution in [3.63, 3.8) is 0 Å². The van der Waals surface area contributed by atoms with Gasteiger partial charge in [0.1, 0.15) is 49.1 Å². The first-order valence-electron chi connectivity index (χ1n) is 25.4. The summed E-state index contributed by atoms with van der Waals surface area (Å²) in [6.45, 7) is 7.99. The second-order valence-corrected chi connectivity index (χ2v) is 18.4. The summed E-state index contributed by atoms with van der Waals surface area (Å²) in [4.78, 5) is 74.8. The highest BCUT2D eigenvalue weighted by atomic mass is 16.6. The van der Waals surface area contributed by atoms with Gasteiger partial charge in [-0.3, -0.25) is 28.8 Å². The Bertz CT molecular complexity index is 1310. The van der Waals surface area contributed by atoms with Crippen LogP contribution in [0.1, 0.15) is 214 Å². The van der Waals surface area contributed by atoms with Gasteiger partial charge in [0.2, 0.25) is 29.5 Å². The summed E-state index contributed by atoms with van der Waals surface area (Å²) in [6.07, 6.45) is 23.1. The van der Waals surface area contributed by atoms with Gasteiger partial charge in [0.05, 0.1) is 5.92 Å². The van der Waals surface area contributed by atoms with Crippen LogP contribution in [0.4, 0.5) is 0 Å². The second kappa shape index (κ2) is 36.7. The Labute approximate surface area is 390 Å². The maximum atomic E-state index is 13.7. The monoisotopic (exact) mass is 926 g/mol. The van der Waals surface area contributed by atoms with Gasteiger partial charge in [-0.15, -0.1) is 0 Å². The first-order valence-corrected chi connectivity index (χ1v) is 25.4. The summed E-state index contributed by atoms with van der Waals surface area (Å²) >= 11 is 0. The molecule has 1 aliphatic heterocycles. The van der Waals surface area contributed by atoms with Gasteiger partial charge in [-0.25, -0.2) is 0 Å². The highest BCUT2D eigenvalue weighted by Crippen LogP contribution is 2.26. The van der Waals surface area contributed by atoms with Crippen molar-refractivity contribution in [3.05, 3.63) is 0 Å². The Balaban J connectivity index is 2.86. The van der Waals surface area contributed by atoms with E-state index in [2.05, 4.69) is 29.8 Å². The third-order valence-corrected chi connectivity index (χ3v) is 12.4. The number of nitrogens with one attached hydrogen (secondary N) is 3. The first-order chi connectivity index (χ1) is 31.1. The van der Waals surface area contributed by atoms with Crippen LogP contribution in [-0.2, 0) is 43.0 Å². The van der Waals surface area contributed by atoms with E-state index >= 15 is 0 Å². The third-order valence-electron chi connectivity index (χ3n) is 12.4. The molecule has 0 spiro atoms. The fourth-order valence-electron chi connectivity index (χ4n) is 8.31. The molecule has 5 amide bonds. The maximum absolute atomic E-state index is 13.7. The Morgan fingerprint density at radius 2 is 1.08 bits per heavy atom. The standard InChI is InChI=1S/C49H91N5O11/c1-6-8-10-12-14-16-18-20-22-24-26-28-30-38(31-29-27-25-23-21-19-17-15-13-11-9-7-2)48(61)63-34-40-43(57)44(42(49(62)65-40)53-37(5)55)64-36(4)47(60)52-35(3)46(59)54-39(45(51)58)32-33-41(50)56/h35-36,38-40,42-44,49,57,62H,6-34H2,1-5H3,(H2,50,56)(H2,51,58)(H,52,60)(H,53,55)(H,54,59)/t35-,36+,39+,40+,42+,43+,44+,49?/m0/s1. The zero-order chi connectivity index (χ0) is 48.4. The number of esters is 1. The van der Waals surface area contributed by atoms with Gasteiger partial charge in [0.25, 0.3) is 0 Å². The van der Waals surface area contributed by atoms with E-state index < -0.39 is 90.9 Å². The van der Waals surface area contributed by atoms with Crippen LogP contribution in [0.25, 0.3) is 0 Å². The molecule has 9 N–H and O–H groups in total. The lowest BCUT2D eigenvalue weighted by atomic mass is 9.93. The van der Waals surface area contributed by atoms with E-state index in [1.807, 2.05) is 0 Å². The van der Waals surface area contributed by atoms with Gasteiger partial charge >= 0.3 is 5.97 Å². The van der Waals surface area contributed by atoms with E-state index in [-0.39, 0.29) is 18.8 Å². The number of ether oxygens (including phenoxy) is 3. The van der Waals surface area contributed by atoms with Gasteiger partial charge in [0.15, 0.2) is 6.29 Å². The smallest absolute Gasteiger partial charge is 0.309 e. The van der Waals surface area contributed by atoms with Crippen LogP contribution in [0, 0.1) is 5.92 Å². The van der Waals surface area contributed by atoms with Crippen molar-refractivity contribution in [3.8, 4) is 0 Å². The van der Waals surface area contributed by atoms with Crippen LogP contribution in [-0.4, -0.2) is 101 Å². The number of primary amides is 2. The topological polar surface area (TPSA) is 259 Å². The zero-order valence-electron chi connectivity index (χ0n) is 40.9. The molecule has 1 aliphatic rings. The molecule has 0 aromatic heterocycles. The minimum atomic E-state index is -1.69. The molecule has 0 aromatic rings. The van der Waals surface area contributed by atoms with E-state index in [0.717, 1.165) is 38.5 Å². The van der Waals surface area contributed by atoms with Crippen molar-refractivity contribution in [1.82, 2.24) is 16.0 Å². The first kappa shape index (κ1) is 59.7. The Kier molecular flexibility index (Phi) is 33.7. The minimum Gasteiger partial charge on any atom is -0.463 e. The van der Waals surface area contributed by atoms with Crippen molar-refractivity contribution >= 4 is 35.5 Å². The van der Waals surface area contributed by atoms with E-state index in [1.54, 1.807) is 0 Å². The molecule has 1 heterocycles. The number of rotatable bonds is 40. The van der Waals surface area contributed by atoms with Gasteiger partial charge in [0, 0.05) is 13.3 Å². The third kappa shape index (κ3) is 27.8. The molecule has 16 heteroatoms. The molecule has 1 saturated heterocycles. The predicted octanol–water partition coefficient (Wildman–Crippen LogP) is 6.43. The molecule has 1 unspecified atom stereocenters. The molecular weight excluding hydrogens is 835 g/mol. The highest BCUT2D eigenvalue weighted by Gasteiger charge is 2.47. The van der Waals surface area contributed by atoms with Crippen molar-refractivity contribution in [2.75, 3.05) is 6.61 Å². The van der Waals surface area contributed by atoms with Crippen molar-refractivity contribution in [2.24, 2.45) is 17.4 Å². The van der Waals surface area contributed by atoms with Gasteiger partial charge in [-0.2, -0.15) is 0 Å². The van der Waals surface area contributed by atoms with Crippen LogP contribution in [0.15, 0.2) is 0 Å². The number of aliphatic hydroxyl groups is 2. The molecule has 0 saturated carbocycles. The summed E-state index contributed by atoms with van der Waals surface area (Å²) in [5.74, 6) is -4.42. The molecule has 65 heavy (non-hydrogen) atoms. The SMILES string of the molecule is CCCCCCCCCCCCCCC(CCCCCCCCCCCCCC)C(=O)OC[C@H]1OC(O)[C@H](NC(C)=O)[C@@H](O[C@H](C)C(=O)N[C@@H](C)C(=O)N[C@H](CCC(N)=O)C(N)=O)[C@@H]1O. The lowest BCUT2D eigenvalue weighted by Crippen LogP contribution is -2.66. The highest BCUT2D eigenvalue weighted by molar-refractivity contribution is 5.92. The quantitative estimate of drug-likeness (QED) is 0.0260. The summed E-state index contributed by atoms with van der Waals surface area (Å²) < 4.78 is 17.4. The van der Waals surface area contributed by atoms with Crippen LogP contribution >= 0.6 is 0 Å². The number of carbonyl (C=O) groups is 6. The fourth-order valence-corrected chi connectivity index (χ4v) is 8.31. The van der Waals surface area contributed by atoms with E-state index in [4.69, 9.17) is 25.7 Å². The largest absolute Gasteiger partial charge is 0.463 e. The van der Waals surface area contributed by atoms with Crippen LogP contribution in [0.5, 0.6) is 0 Å². The van der Waals surface area contributed by atoms with Crippen LogP contribution in [0.3, 0.4) is 0 Å². The average Bonchev–Trinajstić information content (AvgIpc) is 3.26. The van der Waals surface area contributed by atoms with E-state index in [1.165, 1.54) is 136 Å². The number of unbranched alkanes of at least 4 members (excludes halogenated alkanes) is 22. The second-order valence-electron chi connectivity index (χ2n) is 18.4. The van der Waals surface area contributed by atoms with E-state index in [9.17, 15) is 39.0 Å². The Hall–Kier alpha value is -3.34. The average molecular weight is 926 g/mol. The normalized spacial score (nSPS) is 19.8. The summed E-state index contributed by atoms with van der Waals surface area (Å²) in [7, 11) is 0. The lowest BCUT2D eigenvalue weighted by Gasteiger charge is -2.43. The molecular formula is C49H91N5O11. The molecule has 0 bridgehead atoms. The maximum Gasteiger partial charge on any atom is 0.309 e. The number of amides is 5. The van der Waals surface area contributed by atoms with Crippen LogP contribution < -0.4 is 27.4 Å². The number of carbonyl (C=O) groups excluding carboxylic acids is 6. The number of nitrogens with two attached hydrogens (primary N) is 2. The molecule has 1 rings (SSSR count). The summed E-state index contributed by atoms with van der Waals surface area (Å²) in [5.41, 5.74) is 10.5. The number of aliphatic hydroxyl groups excluding tert-OH is 2. The van der Waals surface area contributed by atoms with Gasteiger partial charge in [-0.1, -0.05) is 168 Å². The van der Waals surface area contributed by atoms with Gasteiger partial charge < -0.3 is 51.8 Å².